The van der Waals surface area contributed by atoms with Crippen molar-refractivity contribution in [1.29, 1.82) is 0 Å². The zero-order chi connectivity index (χ0) is 7.33. The van der Waals surface area contributed by atoms with Crippen LogP contribution in [0.4, 0.5) is 0 Å². The number of nitrogens with zero attached hydrogens (tertiary/aromatic N) is 3. The molecular weight excluding hydrogens is 118 g/mol. The van der Waals surface area contributed by atoms with Gasteiger partial charge in [-0.1, -0.05) is 5.11 Å². The van der Waals surface area contributed by atoms with Crippen LogP contribution in [0.2, 0.25) is 0 Å². The van der Waals surface area contributed by atoms with E-state index in [1.807, 2.05) is 0 Å². The topological polar surface area (TPSA) is 69.0 Å². The molecule has 0 aromatic heterocycles. The summed E-state index contributed by atoms with van der Waals surface area (Å²) in [5.41, 5.74) is 7.13. The van der Waals surface area contributed by atoms with Crippen LogP contribution >= 0.6 is 0 Å². The van der Waals surface area contributed by atoms with E-state index in [4.69, 9.17) is 10.6 Å². The molecule has 0 fully saturated rings. The van der Waals surface area contributed by atoms with E-state index in [1.165, 1.54) is 0 Å². The maximum Gasteiger partial charge on any atom is 0.0593 e. The van der Waals surface area contributed by atoms with Crippen LogP contribution in [0.1, 0.15) is 20.3 Å². The van der Waals surface area contributed by atoms with E-state index in [9.17, 15) is 0 Å². The lowest BCUT2D eigenvalue weighted by molar-refractivity contribution is 0.0738. The van der Waals surface area contributed by atoms with Gasteiger partial charge in [-0.25, -0.2) is 0 Å². The zero-order valence-electron chi connectivity index (χ0n) is 5.70. The van der Waals surface area contributed by atoms with Gasteiger partial charge >= 0.3 is 0 Å². The largest absolute Gasteiger partial charge is 0.390 e. The third kappa shape index (κ3) is 7.27. The molecule has 0 aliphatic carbocycles. The maximum absolute atomic E-state index is 9.06. The number of rotatable bonds is 3. The molecule has 0 atom stereocenters. The van der Waals surface area contributed by atoms with Crippen molar-refractivity contribution in [2.75, 3.05) is 6.54 Å². The van der Waals surface area contributed by atoms with Gasteiger partial charge in [-0.15, -0.1) is 0 Å². The van der Waals surface area contributed by atoms with Crippen molar-refractivity contribution in [1.82, 2.24) is 0 Å². The van der Waals surface area contributed by atoms with Crippen molar-refractivity contribution in [2.24, 2.45) is 5.11 Å². The Bertz CT molecular complexity index is 121. The average Bonchev–Trinajstić information content (AvgIpc) is 1.63. The lowest BCUT2D eigenvalue weighted by Gasteiger charge is -2.13. The van der Waals surface area contributed by atoms with Crippen molar-refractivity contribution >= 4 is 0 Å². The Labute approximate surface area is 54.1 Å². The number of aliphatic hydroxyl groups is 1. The van der Waals surface area contributed by atoms with Crippen molar-refractivity contribution in [3.63, 3.8) is 0 Å². The van der Waals surface area contributed by atoms with Crippen LogP contribution in [0.25, 0.3) is 10.4 Å². The molecule has 0 rings (SSSR count). The minimum atomic E-state index is -0.714. The SMILES string of the molecule is CC(C)(O)CCN=[N+]=[N-]. The highest BCUT2D eigenvalue weighted by Gasteiger charge is 2.09. The number of hydrogen-bond donors (Lipinski definition) is 1. The van der Waals surface area contributed by atoms with Crippen molar-refractivity contribution in [3.05, 3.63) is 10.4 Å². The highest BCUT2D eigenvalue weighted by Crippen LogP contribution is 2.05. The molecule has 0 heterocycles. The Morgan fingerprint density at radius 1 is 1.67 bits per heavy atom. The van der Waals surface area contributed by atoms with E-state index >= 15 is 0 Å². The molecule has 0 aliphatic heterocycles. The Morgan fingerprint density at radius 3 is 2.56 bits per heavy atom. The second-order valence-corrected chi connectivity index (χ2v) is 2.52. The van der Waals surface area contributed by atoms with E-state index < -0.39 is 5.60 Å². The Kier molecular flexibility index (Phi) is 3.06. The predicted octanol–water partition coefficient (Wildman–Crippen LogP) is 1.46. The van der Waals surface area contributed by atoms with Gasteiger partial charge in [0, 0.05) is 11.5 Å². The summed E-state index contributed by atoms with van der Waals surface area (Å²) in [6, 6.07) is 0. The van der Waals surface area contributed by atoms with E-state index in [0.717, 1.165) is 0 Å². The first-order valence-corrected chi connectivity index (χ1v) is 2.79. The van der Waals surface area contributed by atoms with Gasteiger partial charge in [-0.05, 0) is 25.8 Å². The molecule has 0 saturated carbocycles. The lowest BCUT2D eigenvalue weighted by Crippen LogP contribution is -2.19. The quantitative estimate of drug-likeness (QED) is 0.350. The molecule has 0 aromatic rings. The highest BCUT2D eigenvalue weighted by molar-refractivity contribution is 4.65. The molecule has 4 heteroatoms. The minimum absolute atomic E-state index is 0.361. The fourth-order valence-electron chi connectivity index (χ4n) is 0.368. The molecule has 0 radical (unpaired) electrons. The van der Waals surface area contributed by atoms with Gasteiger partial charge < -0.3 is 5.11 Å². The molecule has 1 N–H and O–H groups in total. The van der Waals surface area contributed by atoms with Gasteiger partial charge in [0.05, 0.1) is 5.60 Å². The molecule has 0 aliphatic rings. The number of azide groups is 1. The molecule has 4 nitrogen and oxygen atoms in total. The van der Waals surface area contributed by atoms with Crippen LogP contribution in [0.3, 0.4) is 0 Å². The van der Waals surface area contributed by atoms with Crippen molar-refractivity contribution < 1.29 is 5.11 Å². The number of hydrogen-bond acceptors (Lipinski definition) is 2. The Hall–Kier alpha value is -0.730. The Morgan fingerprint density at radius 2 is 2.22 bits per heavy atom. The van der Waals surface area contributed by atoms with E-state index in [0.29, 0.717) is 13.0 Å². The highest BCUT2D eigenvalue weighted by atomic mass is 16.3. The van der Waals surface area contributed by atoms with E-state index in [1.54, 1.807) is 13.8 Å². The first-order chi connectivity index (χ1) is 4.06. The van der Waals surface area contributed by atoms with Gasteiger partial charge in [0.25, 0.3) is 0 Å². The summed E-state index contributed by atoms with van der Waals surface area (Å²) >= 11 is 0. The smallest absolute Gasteiger partial charge is 0.0593 e. The first-order valence-electron chi connectivity index (χ1n) is 2.79. The summed E-state index contributed by atoms with van der Waals surface area (Å²) in [7, 11) is 0. The van der Waals surface area contributed by atoms with Crippen LogP contribution < -0.4 is 0 Å². The third-order valence-electron chi connectivity index (χ3n) is 0.887. The van der Waals surface area contributed by atoms with Gasteiger partial charge in [0.2, 0.25) is 0 Å². The molecule has 52 valence electrons. The summed E-state index contributed by atoms with van der Waals surface area (Å²) in [6.07, 6.45) is 0.511. The van der Waals surface area contributed by atoms with Gasteiger partial charge in [0.1, 0.15) is 0 Å². The molecule has 0 bridgehead atoms. The predicted molar refractivity (Wildman–Crippen MR) is 34.9 cm³/mol. The van der Waals surface area contributed by atoms with E-state index in [-0.39, 0.29) is 0 Å². The molecule has 0 saturated heterocycles. The van der Waals surface area contributed by atoms with E-state index in [2.05, 4.69) is 10.0 Å². The van der Waals surface area contributed by atoms with Crippen molar-refractivity contribution in [2.45, 2.75) is 25.9 Å². The normalized spacial score (nSPS) is 10.6. The standard InChI is InChI=1S/C5H11N3O/c1-5(2,9)3-4-7-8-6/h9H,3-4H2,1-2H3. The third-order valence-corrected chi connectivity index (χ3v) is 0.887. The fourth-order valence-corrected chi connectivity index (χ4v) is 0.368. The summed E-state index contributed by atoms with van der Waals surface area (Å²) in [5, 5.41) is 12.3. The lowest BCUT2D eigenvalue weighted by atomic mass is 10.1. The van der Waals surface area contributed by atoms with Crippen LogP contribution in [-0.2, 0) is 0 Å². The van der Waals surface area contributed by atoms with Crippen LogP contribution in [0.5, 0.6) is 0 Å². The average molecular weight is 129 g/mol. The minimum Gasteiger partial charge on any atom is -0.390 e. The van der Waals surface area contributed by atoms with Crippen LogP contribution in [-0.4, -0.2) is 17.3 Å². The van der Waals surface area contributed by atoms with Gasteiger partial charge in [0.15, 0.2) is 0 Å². The molecule has 9 heavy (non-hydrogen) atoms. The molecule has 0 unspecified atom stereocenters. The summed E-state index contributed by atoms with van der Waals surface area (Å²) in [4.78, 5) is 2.55. The summed E-state index contributed by atoms with van der Waals surface area (Å²) < 4.78 is 0. The molecule has 0 amide bonds. The fraction of sp³-hybridized carbons (Fsp3) is 1.00. The summed E-state index contributed by atoms with van der Waals surface area (Å²) in [6.45, 7) is 3.72. The monoisotopic (exact) mass is 129 g/mol. The summed E-state index contributed by atoms with van der Waals surface area (Å²) in [5.74, 6) is 0. The molecular formula is C5H11N3O. The maximum atomic E-state index is 9.06. The Balaban J connectivity index is 3.39. The van der Waals surface area contributed by atoms with Gasteiger partial charge in [-0.2, -0.15) is 0 Å². The van der Waals surface area contributed by atoms with Crippen LogP contribution in [0, 0.1) is 0 Å². The first kappa shape index (κ1) is 8.27. The van der Waals surface area contributed by atoms with Crippen molar-refractivity contribution in [3.8, 4) is 0 Å². The van der Waals surface area contributed by atoms with Gasteiger partial charge in [-0.3, -0.25) is 0 Å². The molecule has 0 spiro atoms. The molecule has 0 aromatic carbocycles. The second kappa shape index (κ2) is 3.33. The zero-order valence-corrected chi connectivity index (χ0v) is 5.70. The van der Waals surface area contributed by atoms with Crippen LogP contribution in [0.15, 0.2) is 5.11 Å². The second-order valence-electron chi connectivity index (χ2n) is 2.52.